The number of carbonyl (C=O) groups is 1. The summed E-state index contributed by atoms with van der Waals surface area (Å²) >= 11 is 0. The zero-order valence-electron chi connectivity index (χ0n) is 9.29. The molecule has 0 saturated heterocycles. The van der Waals surface area contributed by atoms with Gasteiger partial charge >= 0.3 is 0 Å². The summed E-state index contributed by atoms with van der Waals surface area (Å²) in [7, 11) is 0. The third kappa shape index (κ3) is 5.42. The highest BCUT2D eigenvalue weighted by atomic mass is 16.5. The van der Waals surface area contributed by atoms with Gasteiger partial charge < -0.3 is 15.4 Å². The SMILES string of the molecule is CCNC(=O)CCNCC1CCC=CO1. The Balaban J connectivity index is 1.96. The van der Waals surface area contributed by atoms with Gasteiger partial charge in [0.25, 0.3) is 0 Å². The maximum atomic E-state index is 11.1. The van der Waals surface area contributed by atoms with Crippen LogP contribution in [0.15, 0.2) is 12.3 Å². The van der Waals surface area contributed by atoms with E-state index in [0.29, 0.717) is 13.0 Å². The van der Waals surface area contributed by atoms with Gasteiger partial charge in [-0.1, -0.05) is 0 Å². The molecular formula is C11H20N2O2. The molecule has 2 N–H and O–H groups in total. The summed E-state index contributed by atoms with van der Waals surface area (Å²) in [5, 5.41) is 5.99. The molecule has 0 radical (unpaired) electrons. The summed E-state index contributed by atoms with van der Waals surface area (Å²) in [5.41, 5.74) is 0. The zero-order valence-corrected chi connectivity index (χ0v) is 9.29. The van der Waals surface area contributed by atoms with Crippen molar-refractivity contribution < 1.29 is 9.53 Å². The number of amides is 1. The average Bonchev–Trinajstić information content (AvgIpc) is 2.26. The highest BCUT2D eigenvalue weighted by Crippen LogP contribution is 2.08. The van der Waals surface area contributed by atoms with Crippen LogP contribution in [0, 0.1) is 0 Å². The van der Waals surface area contributed by atoms with E-state index >= 15 is 0 Å². The average molecular weight is 212 g/mol. The third-order valence-corrected chi connectivity index (χ3v) is 2.30. The predicted molar refractivity (Wildman–Crippen MR) is 59.4 cm³/mol. The van der Waals surface area contributed by atoms with Gasteiger partial charge in [0.05, 0.1) is 6.26 Å². The smallest absolute Gasteiger partial charge is 0.221 e. The van der Waals surface area contributed by atoms with Crippen molar-refractivity contribution >= 4 is 5.91 Å². The molecule has 1 aliphatic heterocycles. The topological polar surface area (TPSA) is 50.4 Å². The van der Waals surface area contributed by atoms with Gasteiger partial charge in [0.1, 0.15) is 6.10 Å². The van der Waals surface area contributed by atoms with Crippen molar-refractivity contribution in [3.8, 4) is 0 Å². The van der Waals surface area contributed by atoms with Gasteiger partial charge in [-0.3, -0.25) is 4.79 Å². The molecule has 0 fully saturated rings. The second-order valence-electron chi connectivity index (χ2n) is 3.61. The lowest BCUT2D eigenvalue weighted by Crippen LogP contribution is -2.32. The van der Waals surface area contributed by atoms with Crippen LogP contribution >= 0.6 is 0 Å². The summed E-state index contributed by atoms with van der Waals surface area (Å²) < 4.78 is 5.39. The molecule has 0 aliphatic carbocycles. The second kappa shape index (κ2) is 7.29. The zero-order chi connectivity index (χ0) is 10.9. The molecule has 15 heavy (non-hydrogen) atoms. The number of rotatable bonds is 6. The van der Waals surface area contributed by atoms with E-state index < -0.39 is 0 Å². The Labute approximate surface area is 91.1 Å². The number of carbonyl (C=O) groups excluding carboxylic acids is 1. The van der Waals surface area contributed by atoms with Crippen molar-refractivity contribution in [2.45, 2.75) is 32.3 Å². The Hall–Kier alpha value is -1.03. The van der Waals surface area contributed by atoms with Gasteiger partial charge in [-0.2, -0.15) is 0 Å². The van der Waals surface area contributed by atoms with Crippen LogP contribution in [-0.4, -0.2) is 31.6 Å². The van der Waals surface area contributed by atoms with Crippen LogP contribution in [0.1, 0.15) is 26.2 Å². The molecule has 1 atom stereocenters. The first-order chi connectivity index (χ1) is 7.33. The van der Waals surface area contributed by atoms with Crippen LogP contribution < -0.4 is 10.6 Å². The summed E-state index contributed by atoms with van der Waals surface area (Å²) in [5.74, 6) is 0.106. The van der Waals surface area contributed by atoms with Gasteiger partial charge in [0.15, 0.2) is 0 Å². The Morgan fingerprint density at radius 2 is 2.47 bits per heavy atom. The van der Waals surface area contributed by atoms with Crippen molar-refractivity contribution in [3.63, 3.8) is 0 Å². The Kier molecular flexibility index (Phi) is 5.85. The molecule has 1 amide bonds. The predicted octanol–water partition coefficient (Wildman–Crippen LogP) is 0.795. The first-order valence-electron chi connectivity index (χ1n) is 5.60. The van der Waals surface area contributed by atoms with Crippen LogP contribution in [0.4, 0.5) is 0 Å². The van der Waals surface area contributed by atoms with Crippen LogP contribution in [0.3, 0.4) is 0 Å². The van der Waals surface area contributed by atoms with Crippen LogP contribution in [0.25, 0.3) is 0 Å². The molecule has 1 unspecified atom stereocenters. The minimum Gasteiger partial charge on any atom is -0.497 e. The van der Waals surface area contributed by atoms with Crippen molar-refractivity contribution in [2.24, 2.45) is 0 Å². The fourth-order valence-electron chi connectivity index (χ4n) is 1.49. The molecule has 0 saturated carbocycles. The van der Waals surface area contributed by atoms with Crippen LogP contribution in [0.5, 0.6) is 0 Å². The van der Waals surface area contributed by atoms with Gasteiger partial charge in [-0.15, -0.1) is 0 Å². The van der Waals surface area contributed by atoms with E-state index in [-0.39, 0.29) is 12.0 Å². The quantitative estimate of drug-likeness (QED) is 0.640. The minimum atomic E-state index is 0.106. The fourth-order valence-corrected chi connectivity index (χ4v) is 1.49. The summed E-state index contributed by atoms with van der Waals surface area (Å²) in [6.07, 6.45) is 6.75. The number of ether oxygens (including phenoxy) is 1. The molecular weight excluding hydrogens is 192 g/mol. The summed E-state index contributed by atoms with van der Waals surface area (Å²) in [6.45, 7) is 4.17. The molecule has 1 heterocycles. The highest BCUT2D eigenvalue weighted by Gasteiger charge is 2.09. The van der Waals surface area contributed by atoms with Crippen molar-refractivity contribution in [1.82, 2.24) is 10.6 Å². The van der Waals surface area contributed by atoms with Crippen LogP contribution in [-0.2, 0) is 9.53 Å². The number of hydrogen-bond donors (Lipinski definition) is 2. The van der Waals surface area contributed by atoms with E-state index in [9.17, 15) is 4.79 Å². The van der Waals surface area contributed by atoms with Crippen molar-refractivity contribution in [3.05, 3.63) is 12.3 Å². The normalized spacial score (nSPS) is 19.7. The largest absolute Gasteiger partial charge is 0.497 e. The first kappa shape index (κ1) is 12.0. The Morgan fingerprint density at radius 3 is 3.13 bits per heavy atom. The van der Waals surface area contributed by atoms with Crippen molar-refractivity contribution in [1.29, 1.82) is 0 Å². The number of allylic oxidation sites excluding steroid dienone is 1. The standard InChI is InChI=1S/C11H20N2O2/c1-2-13-11(14)6-7-12-9-10-5-3-4-8-15-10/h4,8,10,12H,2-3,5-7,9H2,1H3,(H,13,14). The summed E-state index contributed by atoms with van der Waals surface area (Å²) in [4.78, 5) is 11.1. The number of hydrogen-bond acceptors (Lipinski definition) is 3. The minimum absolute atomic E-state index is 0.106. The molecule has 1 aliphatic rings. The van der Waals surface area contributed by atoms with Gasteiger partial charge in [-0.25, -0.2) is 0 Å². The van der Waals surface area contributed by atoms with E-state index in [2.05, 4.69) is 10.6 Å². The molecule has 0 spiro atoms. The molecule has 1 rings (SSSR count). The third-order valence-electron chi connectivity index (χ3n) is 2.30. The molecule has 0 aromatic heterocycles. The van der Waals surface area contributed by atoms with E-state index in [0.717, 1.165) is 25.9 Å². The van der Waals surface area contributed by atoms with Gasteiger partial charge in [-0.05, 0) is 25.8 Å². The molecule has 86 valence electrons. The second-order valence-corrected chi connectivity index (χ2v) is 3.61. The Bertz CT molecular complexity index is 217. The van der Waals surface area contributed by atoms with Crippen molar-refractivity contribution in [2.75, 3.05) is 19.6 Å². The summed E-state index contributed by atoms with van der Waals surface area (Å²) in [6, 6.07) is 0. The maximum Gasteiger partial charge on any atom is 0.221 e. The lowest BCUT2D eigenvalue weighted by atomic mass is 10.1. The monoisotopic (exact) mass is 212 g/mol. The molecule has 0 bridgehead atoms. The van der Waals surface area contributed by atoms with E-state index in [1.165, 1.54) is 0 Å². The number of nitrogens with one attached hydrogen (secondary N) is 2. The maximum absolute atomic E-state index is 11.1. The van der Waals surface area contributed by atoms with E-state index in [4.69, 9.17) is 4.74 Å². The van der Waals surface area contributed by atoms with E-state index in [1.807, 2.05) is 13.0 Å². The highest BCUT2D eigenvalue weighted by molar-refractivity contribution is 5.75. The lowest BCUT2D eigenvalue weighted by molar-refractivity contribution is -0.120. The van der Waals surface area contributed by atoms with Crippen LogP contribution in [0.2, 0.25) is 0 Å². The van der Waals surface area contributed by atoms with Gasteiger partial charge in [0.2, 0.25) is 5.91 Å². The van der Waals surface area contributed by atoms with Gasteiger partial charge in [0, 0.05) is 26.1 Å². The molecule has 0 aromatic carbocycles. The molecule has 4 nitrogen and oxygen atoms in total. The molecule has 4 heteroatoms. The first-order valence-corrected chi connectivity index (χ1v) is 5.60. The lowest BCUT2D eigenvalue weighted by Gasteiger charge is -2.19. The molecule has 0 aromatic rings. The Morgan fingerprint density at radius 1 is 1.60 bits per heavy atom. The fraction of sp³-hybridized carbons (Fsp3) is 0.727. The van der Waals surface area contributed by atoms with E-state index in [1.54, 1.807) is 6.26 Å².